The Morgan fingerprint density at radius 3 is 2.30 bits per heavy atom. The first-order chi connectivity index (χ1) is 16.1. The lowest BCUT2D eigenvalue weighted by Crippen LogP contribution is -2.27. The normalized spacial score (nSPS) is 14.6. The van der Waals surface area contributed by atoms with Crippen LogP contribution in [0.2, 0.25) is 0 Å². The molecule has 1 fully saturated rings. The van der Waals surface area contributed by atoms with Gasteiger partial charge in [-0.25, -0.2) is 0 Å². The highest BCUT2D eigenvalue weighted by atomic mass is 32.2. The van der Waals surface area contributed by atoms with Crippen LogP contribution in [0.4, 0.5) is 5.69 Å². The van der Waals surface area contributed by atoms with E-state index in [0.717, 1.165) is 34.9 Å². The van der Waals surface area contributed by atoms with Gasteiger partial charge in [0.1, 0.15) is 17.2 Å². The molecule has 5 nitrogen and oxygen atoms in total. The van der Waals surface area contributed by atoms with Gasteiger partial charge in [0.05, 0.1) is 30.9 Å². The molecule has 1 amide bonds. The van der Waals surface area contributed by atoms with Gasteiger partial charge in [0.15, 0.2) is 4.32 Å². The number of amides is 1. The number of anilines is 1. The molecule has 0 aliphatic carbocycles. The van der Waals surface area contributed by atoms with E-state index in [2.05, 4.69) is 0 Å². The maximum Gasteiger partial charge on any atom is 0.270 e. The van der Waals surface area contributed by atoms with Crippen molar-refractivity contribution in [3.63, 3.8) is 0 Å². The summed E-state index contributed by atoms with van der Waals surface area (Å²) < 4.78 is 17.3. The summed E-state index contributed by atoms with van der Waals surface area (Å²) in [6.45, 7) is 1.07. The van der Waals surface area contributed by atoms with Crippen LogP contribution in [0.15, 0.2) is 83.8 Å². The number of methoxy groups -OCH3 is 1. The second kappa shape index (κ2) is 11.0. The molecule has 1 saturated heterocycles. The number of hydrogen-bond acceptors (Lipinski definition) is 6. The van der Waals surface area contributed by atoms with Crippen molar-refractivity contribution in [3.05, 3.63) is 89.3 Å². The number of nitrogens with zero attached hydrogens (tertiary/aromatic N) is 1. The van der Waals surface area contributed by atoms with Gasteiger partial charge >= 0.3 is 0 Å². The van der Waals surface area contributed by atoms with Crippen LogP contribution in [-0.2, 0) is 4.79 Å². The molecule has 0 saturated carbocycles. The van der Waals surface area contributed by atoms with E-state index in [1.54, 1.807) is 12.0 Å². The maximum atomic E-state index is 12.9. The number of carbonyl (C=O) groups excluding carboxylic acids is 1. The average Bonchev–Trinajstić information content (AvgIpc) is 3.12. The molecule has 0 N–H and O–H groups in total. The summed E-state index contributed by atoms with van der Waals surface area (Å²) in [5, 5.41) is 0. The summed E-state index contributed by atoms with van der Waals surface area (Å²) in [7, 11) is 1.64. The molecule has 0 bridgehead atoms. The highest BCUT2D eigenvalue weighted by molar-refractivity contribution is 8.27. The Bertz CT molecular complexity index is 1150. The number of rotatable bonds is 9. The molecule has 33 heavy (non-hydrogen) atoms. The zero-order valence-electron chi connectivity index (χ0n) is 18.1. The molecule has 3 aromatic rings. The average molecular weight is 478 g/mol. The molecule has 0 spiro atoms. The lowest BCUT2D eigenvalue weighted by Gasteiger charge is -2.13. The molecule has 4 rings (SSSR count). The summed E-state index contributed by atoms with van der Waals surface area (Å²) in [6, 6.07) is 24.6. The first kappa shape index (κ1) is 22.9. The van der Waals surface area contributed by atoms with E-state index in [1.807, 2.05) is 84.9 Å². The summed E-state index contributed by atoms with van der Waals surface area (Å²) >= 11 is 6.74. The minimum absolute atomic E-state index is 0.113. The number of benzene rings is 3. The van der Waals surface area contributed by atoms with E-state index in [4.69, 9.17) is 26.4 Å². The van der Waals surface area contributed by atoms with Crippen LogP contribution in [-0.4, -0.2) is 30.6 Å². The van der Waals surface area contributed by atoms with Crippen LogP contribution in [0, 0.1) is 0 Å². The lowest BCUT2D eigenvalue weighted by molar-refractivity contribution is -0.113. The summed E-state index contributed by atoms with van der Waals surface area (Å²) in [4.78, 5) is 15.1. The van der Waals surface area contributed by atoms with Gasteiger partial charge in [-0.15, -0.1) is 0 Å². The first-order valence-corrected chi connectivity index (χ1v) is 11.7. The molecule has 7 heteroatoms. The molecule has 168 valence electrons. The van der Waals surface area contributed by atoms with E-state index >= 15 is 0 Å². The van der Waals surface area contributed by atoms with Crippen LogP contribution in [0.25, 0.3) is 6.08 Å². The minimum atomic E-state index is -0.113. The topological polar surface area (TPSA) is 48.0 Å². The van der Waals surface area contributed by atoms with Crippen molar-refractivity contribution in [1.29, 1.82) is 0 Å². The fourth-order valence-corrected chi connectivity index (χ4v) is 4.52. The maximum absolute atomic E-state index is 12.9. The quantitative estimate of drug-likeness (QED) is 0.216. The zero-order chi connectivity index (χ0) is 23.0. The van der Waals surface area contributed by atoms with Crippen LogP contribution in [0.3, 0.4) is 0 Å². The Kier molecular flexibility index (Phi) is 7.65. The molecule has 1 aliphatic rings. The monoisotopic (exact) mass is 477 g/mol. The van der Waals surface area contributed by atoms with Crippen molar-refractivity contribution in [2.45, 2.75) is 6.42 Å². The largest absolute Gasteiger partial charge is 0.497 e. The van der Waals surface area contributed by atoms with E-state index < -0.39 is 0 Å². The van der Waals surface area contributed by atoms with E-state index in [-0.39, 0.29) is 5.91 Å². The molecule has 0 atom stereocenters. The van der Waals surface area contributed by atoms with Crippen LogP contribution in [0.1, 0.15) is 12.0 Å². The van der Waals surface area contributed by atoms with Crippen molar-refractivity contribution in [3.8, 4) is 17.2 Å². The summed E-state index contributed by atoms with van der Waals surface area (Å²) in [5.41, 5.74) is 1.66. The van der Waals surface area contributed by atoms with E-state index in [1.165, 1.54) is 11.8 Å². The number of para-hydroxylation sites is 1. The predicted molar refractivity (Wildman–Crippen MR) is 137 cm³/mol. The standard InChI is InChI=1S/C26H23NO4S2/c1-29-21-11-13-22(14-12-21)30-15-6-16-31-23-10-5-7-19(17-23)18-24-25(28)27(26(32)33-24)20-8-3-2-4-9-20/h2-5,7-14,17-18H,6,15-16H2,1H3/b24-18+. The highest BCUT2D eigenvalue weighted by Gasteiger charge is 2.33. The van der Waals surface area contributed by atoms with Gasteiger partial charge in [0.25, 0.3) is 5.91 Å². The second-order valence-corrected chi connectivity index (χ2v) is 8.83. The van der Waals surface area contributed by atoms with Gasteiger partial charge in [-0.1, -0.05) is 54.3 Å². The first-order valence-electron chi connectivity index (χ1n) is 10.5. The van der Waals surface area contributed by atoms with Crippen molar-refractivity contribution < 1.29 is 19.0 Å². The Morgan fingerprint density at radius 1 is 0.879 bits per heavy atom. The Labute approximate surface area is 203 Å². The Hall–Kier alpha value is -3.29. The zero-order valence-corrected chi connectivity index (χ0v) is 19.7. The fourth-order valence-electron chi connectivity index (χ4n) is 3.22. The van der Waals surface area contributed by atoms with Gasteiger partial charge in [-0.05, 0) is 60.2 Å². The summed E-state index contributed by atoms with van der Waals surface area (Å²) in [5.74, 6) is 2.23. The molecule has 0 aromatic heterocycles. The van der Waals surface area contributed by atoms with Crippen LogP contribution >= 0.6 is 24.0 Å². The third-order valence-corrected chi connectivity index (χ3v) is 6.15. The van der Waals surface area contributed by atoms with Gasteiger partial charge in [0, 0.05) is 6.42 Å². The third-order valence-electron chi connectivity index (χ3n) is 4.85. The SMILES string of the molecule is COc1ccc(OCCCOc2cccc(/C=C3/SC(=S)N(c4ccccc4)C3=O)c2)cc1. The highest BCUT2D eigenvalue weighted by Crippen LogP contribution is 2.36. The number of carbonyl (C=O) groups is 1. The van der Waals surface area contributed by atoms with Crippen molar-refractivity contribution in [2.75, 3.05) is 25.2 Å². The van der Waals surface area contributed by atoms with E-state index in [0.29, 0.717) is 22.4 Å². The fraction of sp³-hybridized carbons (Fsp3) is 0.154. The molecule has 0 unspecified atom stereocenters. The number of ether oxygens (including phenoxy) is 3. The molecule has 1 aliphatic heterocycles. The van der Waals surface area contributed by atoms with E-state index in [9.17, 15) is 4.79 Å². The van der Waals surface area contributed by atoms with Gasteiger partial charge in [0.2, 0.25) is 0 Å². The van der Waals surface area contributed by atoms with Crippen molar-refractivity contribution in [1.82, 2.24) is 0 Å². The molecule has 3 aromatic carbocycles. The van der Waals surface area contributed by atoms with Gasteiger partial charge < -0.3 is 14.2 Å². The second-order valence-electron chi connectivity index (χ2n) is 7.15. The third kappa shape index (κ3) is 5.94. The van der Waals surface area contributed by atoms with Crippen molar-refractivity contribution in [2.24, 2.45) is 0 Å². The Morgan fingerprint density at radius 2 is 1.58 bits per heavy atom. The smallest absolute Gasteiger partial charge is 0.270 e. The van der Waals surface area contributed by atoms with Gasteiger partial charge in [-0.2, -0.15) is 0 Å². The van der Waals surface area contributed by atoms with Crippen LogP contribution < -0.4 is 19.1 Å². The predicted octanol–water partition coefficient (Wildman–Crippen LogP) is 5.95. The van der Waals surface area contributed by atoms with Crippen LogP contribution in [0.5, 0.6) is 17.2 Å². The molecule has 0 radical (unpaired) electrons. The molecule has 1 heterocycles. The van der Waals surface area contributed by atoms with Gasteiger partial charge in [-0.3, -0.25) is 9.69 Å². The molecular formula is C26H23NO4S2. The number of thioether (sulfide) groups is 1. The summed E-state index contributed by atoms with van der Waals surface area (Å²) in [6.07, 6.45) is 2.59. The Balaban J connectivity index is 1.31. The minimum Gasteiger partial charge on any atom is -0.497 e. The number of hydrogen-bond donors (Lipinski definition) is 0. The molecular weight excluding hydrogens is 454 g/mol. The number of thiocarbonyl (C=S) groups is 1. The van der Waals surface area contributed by atoms with Crippen molar-refractivity contribution >= 4 is 46.0 Å². The lowest BCUT2D eigenvalue weighted by atomic mass is 10.2.